The zero-order valence-electron chi connectivity index (χ0n) is 36.2. The highest BCUT2D eigenvalue weighted by molar-refractivity contribution is 5.77. The van der Waals surface area contributed by atoms with Crippen molar-refractivity contribution in [2.75, 3.05) is 6.61 Å². The van der Waals surface area contributed by atoms with Crippen molar-refractivity contribution < 1.29 is 24.5 Å². The number of ether oxygens (including phenoxy) is 1. The zero-order chi connectivity index (χ0) is 41.0. The molecule has 0 aromatic heterocycles. The molecule has 0 aliphatic carbocycles. The van der Waals surface area contributed by atoms with Gasteiger partial charge in [-0.15, -0.1) is 0 Å². The summed E-state index contributed by atoms with van der Waals surface area (Å²) in [5, 5.41) is 23.6. The van der Waals surface area contributed by atoms with E-state index in [9.17, 15) is 19.8 Å². The molecule has 0 fully saturated rings. The van der Waals surface area contributed by atoms with Crippen LogP contribution in [0.25, 0.3) is 0 Å². The quantitative estimate of drug-likeness (QED) is 0.0328. The monoisotopic (exact) mass is 780 g/mol. The number of nitrogens with one attached hydrogen (secondary N) is 1. The minimum absolute atomic E-state index is 0.0384. The number of allylic oxidation sites excluding steroid dienone is 14. The van der Waals surface area contributed by atoms with E-state index in [4.69, 9.17) is 4.74 Å². The lowest BCUT2D eigenvalue weighted by Gasteiger charge is -2.24. The Bertz CT molecular complexity index is 1100. The van der Waals surface area contributed by atoms with Crippen LogP contribution in [0.3, 0.4) is 0 Å². The van der Waals surface area contributed by atoms with Crippen LogP contribution in [0.5, 0.6) is 0 Å². The van der Waals surface area contributed by atoms with Gasteiger partial charge in [0.15, 0.2) is 0 Å². The number of aliphatic hydroxyl groups excluding tert-OH is 2. The number of esters is 1. The van der Waals surface area contributed by atoms with Crippen LogP contribution in [0.4, 0.5) is 0 Å². The third kappa shape index (κ3) is 37.9. The Morgan fingerprint density at radius 3 is 1.48 bits per heavy atom. The summed E-state index contributed by atoms with van der Waals surface area (Å²) in [5.74, 6) is -0.547. The number of carbonyl (C=O) groups excluding carboxylic acids is 2. The average molecular weight is 780 g/mol. The molecule has 0 bridgehead atoms. The van der Waals surface area contributed by atoms with Crippen LogP contribution in [-0.4, -0.2) is 46.9 Å². The van der Waals surface area contributed by atoms with Gasteiger partial charge in [-0.2, -0.15) is 0 Å². The van der Waals surface area contributed by atoms with Crippen molar-refractivity contribution in [3.05, 3.63) is 85.1 Å². The zero-order valence-corrected chi connectivity index (χ0v) is 36.2. The Kier molecular flexibility index (Phi) is 40.9. The lowest BCUT2D eigenvalue weighted by molar-refractivity contribution is -0.151. The predicted molar refractivity (Wildman–Crippen MR) is 241 cm³/mol. The molecule has 6 nitrogen and oxygen atoms in total. The van der Waals surface area contributed by atoms with Crippen LogP contribution in [0.1, 0.15) is 194 Å². The summed E-state index contributed by atoms with van der Waals surface area (Å²) in [6.07, 6.45) is 54.9. The summed E-state index contributed by atoms with van der Waals surface area (Å²) in [5.41, 5.74) is 0. The highest BCUT2D eigenvalue weighted by Crippen LogP contribution is 2.17. The topological polar surface area (TPSA) is 95.9 Å². The SMILES string of the molecule is CC/C=C/C=C/C=C\CCCCCCCC(=O)OC(CCCCC\C=C/C=C/C=C/C=C/CC)CC(=O)NC(CO)C(O)CCCCCCCCCCCCC. The first-order valence-corrected chi connectivity index (χ1v) is 22.9. The fourth-order valence-corrected chi connectivity index (χ4v) is 6.44. The Morgan fingerprint density at radius 1 is 0.536 bits per heavy atom. The third-order valence-electron chi connectivity index (χ3n) is 9.88. The van der Waals surface area contributed by atoms with E-state index in [1.165, 1.54) is 51.4 Å². The Balaban J connectivity index is 4.73. The lowest BCUT2D eigenvalue weighted by atomic mass is 10.0. The molecule has 0 saturated carbocycles. The van der Waals surface area contributed by atoms with E-state index in [0.717, 1.165) is 96.3 Å². The molecule has 0 saturated heterocycles. The van der Waals surface area contributed by atoms with Gasteiger partial charge in [-0.1, -0.05) is 202 Å². The molecule has 0 heterocycles. The van der Waals surface area contributed by atoms with Crippen LogP contribution in [0.2, 0.25) is 0 Å². The van der Waals surface area contributed by atoms with E-state index in [2.05, 4.69) is 80.8 Å². The molecule has 3 unspecified atom stereocenters. The van der Waals surface area contributed by atoms with Crippen LogP contribution >= 0.6 is 0 Å². The molecule has 0 aliphatic rings. The summed E-state index contributed by atoms with van der Waals surface area (Å²) in [6.45, 7) is 6.16. The van der Waals surface area contributed by atoms with Gasteiger partial charge in [0.25, 0.3) is 0 Å². The standard InChI is InChI=1S/C50H85NO5/c1-4-7-10-13-16-19-22-24-27-29-32-35-38-41-46(56-50(55)43-40-37-34-31-28-25-23-20-17-14-11-8-5-2)44-49(54)51-47(45-52)48(53)42-39-36-33-30-26-21-18-15-12-9-6-3/h7-8,10-11,13-14,16-17,19-20,22-24,27,46-48,52-53H,4-6,9,12,15,18,21,25-26,28-45H2,1-3H3,(H,51,54)/b10-7+,11-8+,16-13+,17-14+,22-19+,23-20-,27-24-. The molecule has 0 spiro atoms. The number of amides is 1. The smallest absolute Gasteiger partial charge is 0.306 e. The van der Waals surface area contributed by atoms with Crippen molar-refractivity contribution in [1.82, 2.24) is 5.32 Å². The number of hydrogen-bond acceptors (Lipinski definition) is 5. The minimum Gasteiger partial charge on any atom is -0.462 e. The highest BCUT2D eigenvalue weighted by atomic mass is 16.5. The normalized spacial score (nSPS) is 14.2. The third-order valence-corrected chi connectivity index (χ3v) is 9.88. The average Bonchev–Trinajstić information content (AvgIpc) is 3.19. The highest BCUT2D eigenvalue weighted by Gasteiger charge is 2.24. The van der Waals surface area contributed by atoms with Crippen LogP contribution in [0, 0.1) is 0 Å². The molecule has 1 amide bonds. The summed E-state index contributed by atoms with van der Waals surface area (Å²) in [6, 6.07) is -0.721. The number of carbonyl (C=O) groups is 2. The van der Waals surface area contributed by atoms with Crippen molar-refractivity contribution >= 4 is 11.9 Å². The van der Waals surface area contributed by atoms with Gasteiger partial charge in [-0.05, 0) is 64.2 Å². The maximum atomic E-state index is 13.1. The van der Waals surface area contributed by atoms with E-state index in [1.807, 2.05) is 30.4 Å². The van der Waals surface area contributed by atoms with Crippen LogP contribution in [0.15, 0.2) is 85.1 Å². The van der Waals surface area contributed by atoms with E-state index < -0.39 is 18.2 Å². The second-order valence-corrected chi connectivity index (χ2v) is 15.2. The summed E-state index contributed by atoms with van der Waals surface area (Å²) >= 11 is 0. The van der Waals surface area contributed by atoms with Crippen molar-refractivity contribution in [2.24, 2.45) is 0 Å². The van der Waals surface area contributed by atoms with Gasteiger partial charge in [0, 0.05) is 6.42 Å². The first-order chi connectivity index (χ1) is 27.5. The largest absolute Gasteiger partial charge is 0.462 e. The first-order valence-electron chi connectivity index (χ1n) is 22.9. The van der Waals surface area contributed by atoms with Gasteiger partial charge < -0.3 is 20.3 Å². The molecular weight excluding hydrogens is 695 g/mol. The van der Waals surface area contributed by atoms with Crippen LogP contribution < -0.4 is 5.32 Å². The molecule has 6 heteroatoms. The van der Waals surface area contributed by atoms with E-state index >= 15 is 0 Å². The van der Waals surface area contributed by atoms with Crippen LogP contribution in [-0.2, 0) is 14.3 Å². The van der Waals surface area contributed by atoms with Crippen molar-refractivity contribution in [3.63, 3.8) is 0 Å². The van der Waals surface area contributed by atoms with Crippen molar-refractivity contribution in [3.8, 4) is 0 Å². The Hall–Kier alpha value is -2.96. The molecule has 0 radical (unpaired) electrons. The molecule has 0 aromatic rings. The minimum atomic E-state index is -0.804. The molecule has 3 atom stereocenters. The van der Waals surface area contributed by atoms with Crippen molar-refractivity contribution in [1.29, 1.82) is 0 Å². The molecule has 56 heavy (non-hydrogen) atoms. The maximum absolute atomic E-state index is 13.1. The fraction of sp³-hybridized carbons (Fsp3) is 0.680. The van der Waals surface area contributed by atoms with E-state index in [0.29, 0.717) is 19.3 Å². The van der Waals surface area contributed by atoms with Gasteiger partial charge in [0.1, 0.15) is 6.10 Å². The Labute approximate surface area is 344 Å². The maximum Gasteiger partial charge on any atom is 0.306 e. The van der Waals surface area contributed by atoms with Gasteiger partial charge in [-0.25, -0.2) is 0 Å². The lowest BCUT2D eigenvalue weighted by Crippen LogP contribution is -2.46. The summed E-state index contributed by atoms with van der Waals surface area (Å²) in [4.78, 5) is 26.0. The number of hydrogen-bond donors (Lipinski definition) is 3. The molecule has 0 rings (SSSR count). The first kappa shape index (κ1) is 53.0. The van der Waals surface area contributed by atoms with Gasteiger partial charge in [-0.3, -0.25) is 9.59 Å². The second-order valence-electron chi connectivity index (χ2n) is 15.2. The van der Waals surface area contributed by atoms with Gasteiger partial charge >= 0.3 is 5.97 Å². The van der Waals surface area contributed by atoms with Gasteiger partial charge in [0.2, 0.25) is 5.91 Å². The second kappa shape index (κ2) is 43.2. The number of unbranched alkanes of at least 4 members (excludes halogenated alkanes) is 18. The number of rotatable bonds is 39. The number of aliphatic hydroxyl groups is 2. The fourth-order valence-electron chi connectivity index (χ4n) is 6.44. The van der Waals surface area contributed by atoms with Crippen molar-refractivity contribution in [2.45, 2.75) is 212 Å². The molecular formula is C50H85NO5. The van der Waals surface area contributed by atoms with E-state index in [1.54, 1.807) is 0 Å². The Morgan fingerprint density at radius 2 is 0.964 bits per heavy atom. The summed E-state index contributed by atoms with van der Waals surface area (Å²) < 4.78 is 5.88. The van der Waals surface area contributed by atoms with Gasteiger partial charge in [0.05, 0.1) is 25.2 Å². The molecule has 0 aromatic carbocycles. The molecule has 3 N–H and O–H groups in total. The molecule has 320 valence electrons. The van der Waals surface area contributed by atoms with E-state index in [-0.39, 0.29) is 24.9 Å². The molecule has 0 aliphatic heterocycles. The summed E-state index contributed by atoms with van der Waals surface area (Å²) in [7, 11) is 0. The predicted octanol–water partition coefficient (Wildman–Crippen LogP) is 13.2.